The maximum Gasteiger partial charge on any atom is -0.0399 e. The molecule has 0 aliphatic rings. The van der Waals surface area contributed by atoms with Crippen molar-refractivity contribution in [3.05, 3.63) is 23.3 Å². The van der Waals surface area contributed by atoms with E-state index < -0.39 is 0 Å². The summed E-state index contributed by atoms with van der Waals surface area (Å²) < 4.78 is 0. The molecule has 0 aromatic carbocycles. The molecule has 0 saturated heterocycles. The highest BCUT2D eigenvalue weighted by atomic mass is 13.9. The molecule has 0 radical (unpaired) electrons. The van der Waals surface area contributed by atoms with E-state index in [0.29, 0.717) is 0 Å². The van der Waals surface area contributed by atoms with Crippen molar-refractivity contribution in [2.24, 2.45) is 0 Å². The van der Waals surface area contributed by atoms with Gasteiger partial charge < -0.3 is 0 Å². The van der Waals surface area contributed by atoms with Crippen molar-refractivity contribution >= 4 is 0 Å². The van der Waals surface area contributed by atoms with E-state index in [4.69, 9.17) is 0 Å². The normalized spacial score (nSPS) is 7.33. The second-order valence-electron chi connectivity index (χ2n) is 2.18. The smallest absolute Gasteiger partial charge is 0.0399 e. The summed E-state index contributed by atoms with van der Waals surface area (Å²) >= 11 is 0. The molecular weight excluding hydrogens is 144 g/mol. The van der Waals surface area contributed by atoms with Crippen LogP contribution in [0.25, 0.3) is 0 Å². The third-order valence-corrected chi connectivity index (χ3v) is 1.21. The molecule has 0 unspecified atom stereocenters. The van der Waals surface area contributed by atoms with Gasteiger partial charge in [0.1, 0.15) is 0 Å². The standard InChI is InChI=1S/C8H14.C2H6.C2H2/c1-5-6-8(4)7(2)3;2*1-2/h5-6H,1-4H3;1-2H3;1-2H/b6-5-;;. The molecule has 12 heavy (non-hydrogen) atoms. The zero-order chi connectivity index (χ0) is 10.6. The molecule has 0 saturated carbocycles. The van der Waals surface area contributed by atoms with Crippen LogP contribution < -0.4 is 0 Å². The van der Waals surface area contributed by atoms with Gasteiger partial charge in [-0.05, 0) is 27.7 Å². The van der Waals surface area contributed by atoms with Gasteiger partial charge in [0.05, 0.1) is 0 Å². The minimum Gasteiger partial charge on any atom is -0.124 e. The second-order valence-corrected chi connectivity index (χ2v) is 2.18. The van der Waals surface area contributed by atoms with E-state index in [9.17, 15) is 0 Å². The molecule has 0 aliphatic carbocycles. The molecule has 0 aromatic heterocycles. The van der Waals surface area contributed by atoms with Crippen LogP contribution >= 0.6 is 0 Å². The van der Waals surface area contributed by atoms with Crippen LogP contribution in [0, 0.1) is 12.8 Å². The van der Waals surface area contributed by atoms with Gasteiger partial charge in [-0.2, -0.15) is 0 Å². The number of hydrogen-bond donors (Lipinski definition) is 0. The molecule has 0 heterocycles. The average molecular weight is 166 g/mol. The highest BCUT2D eigenvalue weighted by molar-refractivity contribution is 5.19. The minimum atomic E-state index is 1.37. The van der Waals surface area contributed by atoms with Gasteiger partial charge in [0, 0.05) is 0 Å². The zero-order valence-corrected chi connectivity index (χ0v) is 9.31. The minimum absolute atomic E-state index is 1.37. The third kappa shape index (κ3) is 16.0. The molecular formula is C12H22. The van der Waals surface area contributed by atoms with Gasteiger partial charge in [0.2, 0.25) is 0 Å². The van der Waals surface area contributed by atoms with E-state index in [0.717, 1.165) is 0 Å². The van der Waals surface area contributed by atoms with E-state index in [1.165, 1.54) is 11.1 Å². The summed E-state index contributed by atoms with van der Waals surface area (Å²) in [5.41, 5.74) is 2.76. The maximum absolute atomic E-state index is 4.00. The lowest BCUT2D eigenvalue weighted by Crippen LogP contribution is -1.70. The lowest BCUT2D eigenvalue weighted by molar-refractivity contribution is 1.29. The Hall–Kier alpha value is -0.960. The topological polar surface area (TPSA) is 0 Å². The predicted octanol–water partition coefficient (Wildman–Crippen LogP) is 4.19. The Morgan fingerprint density at radius 1 is 1.00 bits per heavy atom. The summed E-state index contributed by atoms with van der Waals surface area (Å²) in [4.78, 5) is 0. The van der Waals surface area contributed by atoms with Gasteiger partial charge in [0.25, 0.3) is 0 Å². The van der Waals surface area contributed by atoms with E-state index in [2.05, 4.69) is 45.8 Å². The molecule has 0 nitrogen and oxygen atoms in total. The second kappa shape index (κ2) is 16.6. The van der Waals surface area contributed by atoms with Gasteiger partial charge in [-0.15, -0.1) is 12.8 Å². The van der Waals surface area contributed by atoms with Gasteiger partial charge in [-0.25, -0.2) is 0 Å². The van der Waals surface area contributed by atoms with Crippen LogP contribution in [-0.2, 0) is 0 Å². The molecule has 0 bridgehead atoms. The van der Waals surface area contributed by atoms with Crippen LogP contribution in [0.4, 0.5) is 0 Å². The van der Waals surface area contributed by atoms with Crippen molar-refractivity contribution in [3.63, 3.8) is 0 Å². The monoisotopic (exact) mass is 166 g/mol. The number of terminal acetylenes is 1. The largest absolute Gasteiger partial charge is 0.124 e. The summed E-state index contributed by atoms with van der Waals surface area (Å²) in [6, 6.07) is 0. The Morgan fingerprint density at radius 3 is 1.42 bits per heavy atom. The fraction of sp³-hybridized carbons (Fsp3) is 0.500. The van der Waals surface area contributed by atoms with Crippen LogP contribution in [0.2, 0.25) is 0 Å². The summed E-state index contributed by atoms with van der Waals surface area (Å²) in [7, 11) is 0. The van der Waals surface area contributed by atoms with Crippen molar-refractivity contribution in [2.45, 2.75) is 41.5 Å². The Labute approximate surface area is 78.4 Å². The van der Waals surface area contributed by atoms with E-state index in [1.54, 1.807) is 0 Å². The molecule has 0 heteroatoms. The van der Waals surface area contributed by atoms with Gasteiger partial charge >= 0.3 is 0 Å². The zero-order valence-electron chi connectivity index (χ0n) is 9.31. The first-order chi connectivity index (χ1) is 5.68. The van der Waals surface area contributed by atoms with Crippen molar-refractivity contribution in [2.75, 3.05) is 0 Å². The molecule has 0 rings (SSSR count). The Kier molecular flexibility index (Phi) is 23.8. The van der Waals surface area contributed by atoms with Crippen molar-refractivity contribution in [1.29, 1.82) is 0 Å². The average Bonchev–Trinajstić information content (AvgIpc) is 2.12. The predicted molar refractivity (Wildman–Crippen MR) is 60.1 cm³/mol. The molecule has 0 aromatic rings. The summed E-state index contributed by atoms with van der Waals surface area (Å²) in [5, 5.41) is 0. The first-order valence-corrected chi connectivity index (χ1v) is 4.28. The molecule has 0 N–H and O–H groups in total. The summed E-state index contributed by atoms with van der Waals surface area (Å²) in [6.07, 6.45) is 12.2. The van der Waals surface area contributed by atoms with Crippen LogP contribution in [-0.4, -0.2) is 0 Å². The van der Waals surface area contributed by atoms with E-state index in [1.807, 2.05) is 20.8 Å². The van der Waals surface area contributed by atoms with Gasteiger partial charge in [-0.3, -0.25) is 0 Å². The van der Waals surface area contributed by atoms with E-state index >= 15 is 0 Å². The lowest BCUT2D eigenvalue weighted by atomic mass is 10.2. The lowest BCUT2D eigenvalue weighted by Gasteiger charge is -1.91. The van der Waals surface area contributed by atoms with E-state index in [-0.39, 0.29) is 0 Å². The van der Waals surface area contributed by atoms with Gasteiger partial charge in [0.15, 0.2) is 0 Å². The Morgan fingerprint density at radius 2 is 1.33 bits per heavy atom. The summed E-state index contributed by atoms with van der Waals surface area (Å²) in [6.45, 7) is 12.4. The van der Waals surface area contributed by atoms with Crippen molar-refractivity contribution in [1.82, 2.24) is 0 Å². The highest BCUT2D eigenvalue weighted by Crippen LogP contribution is 2.01. The number of allylic oxidation sites excluding steroid dienone is 4. The van der Waals surface area contributed by atoms with Crippen molar-refractivity contribution in [3.8, 4) is 12.8 Å². The Balaban J connectivity index is -0.000000175. The third-order valence-electron chi connectivity index (χ3n) is 1.21. The van der Waals surface area contributed by atoms with Gasteiger partial charge in [-0.1, -0.05) is 37.1 Å². The molecule has 0 atom stereocenters. The first kappa shape index (κ1) is 17.2. The molecule has 0 spiro atoms. The fourth-order valence-electron chi connectivity index (χ4n) is 0.417. The SMILES string of the molecule is C#C.C/C=C\C(C)=C(C)C.CC. The van der Waals surface area contributed by atoms with Crippen LogP contribution in [0.3, 0.4) is 0 Å². The number of rotatable bonds is 1. The molecule has 0 fully saturated rings. The summed E-state index contributed by atoms with van der Waals surface area (Å²) in [5.74, 6) is 0. The van der Waals surface area contributed by atoms with Crippen molar-refractivity contribution < 1.29 is 0 Å². The molecule has 70 valence electrons. The van der Waals surface area contributed by atoms with Crippen LogP contribution in [0.5, 0.6) is 0 Å². The maximum atomic E-state index is 4.00. The Bertz CT molecular complexity index is 141. The van der Waals surface area contributed by atoms with Crippen LogP contribution in [0.1, 0.15) is 41.5 Å². The molecule has 0 amide bonds. The van der Waals surface area contributed by atoms with Crippen LogP contribution in [0.15, 0.2) is 23.3 Å². The molecule has 0 aliphatic heterocycles. The first-order valence-electron chi connectivity index (χ1n) is 4.28. The highest BCUT2D eigenvalue weighted by Gasteiger charge is 1.80. The fourth-order valence-corrected chi connectivity index (χ4v) is 0.417. The quantitative estimate of drug-likeness (QED) is 0.404. The number of hydrogen-bond acceptors (Lipinski definition) is 0.